The number of benzene rings is 3. The Morgan fingerprint density at radius 3 is 2.24 bits per heavy atom. The molecule has 10 heteroatoms. The number of para-hydroxylation sites is 1. The van der Waals surface area contributed by atoms with Crippen molar-refractivity contribution < 1.29 is 18.0 Å². The molecule has 0 heterocycles. The number of carbonyl (C=O) groups is 2. The molecule has 0 spiro atoms. The van der Waals surface area contributed by atoms with Crippen LogP contribution in [0, 0.1) is 6.92 Å². The first-order valence-electron chi connectivity index (χ1n) is 14.2. The minimum atomic E-state index is -4.14. The molecule has 0 aliphatic heterocycles. The van der Waals surface area contributed by atoms with Gasteiger partial charge in [-0.25, -0.2) is 8.42 Å². The first-order chi connectivity index (χ1) is 20.0. The number of nitrogens with one attached hydrogen (secondary N) is 1. The number of hydrogen-bond donors (Lipinski definition) is 1. The molecule has 3 aromatic rings. The molecular formula is C32H39Cl2N3O4S. The summed E-state index contributed by atoms with van der Waals surface area (Å²) in [6.07, 6.45) is 2.61. The summed E-state index contributed by atoms with van der Waals surface area (Å²) < 4.78 is 29.4. The molecule has 1 N–H and O–H groups in total. The Balaban J connectivity index is 2.09. The summed E-state index contributed by atoms with van der Waals surface area (Å²) in [5, 5.41) is 3.62. The fourth-order valence-electron chi connectivity index (χ4n) is 4.66. The normalized spacial score (nSPS) is 12.0. The highest BCUT2D eigenvalue weighted by molar-refractivity contribution is 7.92. The van der Waals surface area contributed by atoms with Crippen molar-refractivity contribution in [2.24, 2.45) is 0 Å². The molecule has 1 atom stereocenters. The summed E-state index contributed by atoms with van der Waals surface area (Å²) in [6, 6.07) is 17.9. The molecule has 3 rings (SSSR count). The predicted octanol–water partition coefficient (Wildman–Crippen LogP) is 6.78. The van der Waals surface area contributed by atoms with Crippen LogP contribution in [0.15, 0.2) is 71.6 Å². The molecule has 42 heavy (non-hydrogen) atoms. The third kappa shape index (κ3) is 8.27. The standard InChI is InChI=1S/C32H39Cl2N3O4S/c1-5-8-19-35-32(39)29(7-3)36(21-24-15-18-27(33)28(34)20-24)31(38)22-37(30-12-10-9-11-25(30)6-2)42(40,41)26-16-13-23(4)14-17-26/h9-18,20,29H,5-8,19,21-22H2,1-4H3,(H,35,39)/t29-/m0/s1. The Morgan fingerprint density at radius 2 is 1.62 bits per heavy atom. The summed E-state index contributed by atoms with van der Waals surface area (Å²) in [7, 11) is -4.14. The number of amides is 2. The minimum absolute atomic E-state index is 0.0449. The summed E-state index contributed by atoms with van der Waals surface area (Å²) >= 11 is 12.4. The Morgan fingerprint density at radius 1 is 0.929 bits per heavy atom. The zero-order valence-electron chi connectivity index (χ0n) is 24.6. The van der Waals surface area contributed by atoms with Gasteiger partial charge in [-0.3, -0.25) is 13.9 Å². The van der Waals surface area contributed by atoms with Gasteiger partial charge in [0.15, 0.2) is 0 Å². The number of halogens is 2. The van der Waals surface area contributed by atoms with Crippen LogP contribution >= 0.6 is 23.2 Å². The van der Waals surface area contributed by atoms with E-state index < -0.39 is 28.5 Å². The third-order valence-corrected chi connectivity index (χ3v) is 9.59. The van der Waals surface area contributed by atoms with E-state index in [9.17, 15) is 18.0 Å². The fourth-order valence-corrected chi connectivity index (χ4v) is 6.44. The van der Waals surface area contributed by atoms with Crippen LogP contribution in [0.2, 0.25) is 10.0 Å². The molecule has 0 aromatic heterocycles. The highest BCUT2D eigenvalue weighted by Gasteiger charge is 2.34. The number of anilines is 1. The zero-order chi connectivity index (χ0) is 30.9. The number of hydrogen-bond acceptors (Lipinski definition) is 4. The highest BCUT2D eigenvalue weighted by Crippen LogP contribution is 2.29. The maximum absolute atomic E-state index is 14.2. The molecule has 0 radical (unpaired) electrons. The third-order valence-electron chi connectivity index (χ3n) is 7.08. The van der Waals surface area contributed by atoms with E-state index in [0.29, 0.717) is 40.7 Å². The van der Waals surface area contributed by atoms with Gasteiger partial charge in [-0.05, 0) is 67.6 Å². The Bertz CT molecular complexity index is 1480. The number of sulfonamides is 1. The zero-order valence-corrected chi connectivity index (χ0v) is 26.9. The van der Waals surface area contributed by atoms with Gasteiger partial charge in [0.1, 0.15) is 12.6 Å². The number of aryl methyl sites for hydroxylation is 2. The Labute approximate surface area is 259 Å². The number of unbranched alkanes of at least 4 members (excludes halogenated alkanes) is 1. The van der Waals surface area contributed by atoms with Crippen molar-refractivity contribution in [1.29, 1.82) is 0 Å². The average molecular weight is 633 g/mol. The van der Waals surface area contributed by atoms with E-state index in [1.54, 1.807) is 54.6 Å². The van der Waals surface area contributed by atoms with Crippen molar-refractivity contribution >= 4 is 50.7 Å². The van der Waals surface area contributed by atoms with E-state index in [1.165, 1.54) is 4.90 Å². The molecule has 0 unspecified atom stereocenters. The molecule has 226 valence electrons. The van der Waals surface area contributed by atoms with Gasteiger partial charge in [-0.15, -0.1) is 0 Å². The smallest absolute Gasteiger partial charge is 0.264 e. The first kappa shape index (κ1) is 33.4. The lowest BCUT2D eigenvalue weighted by atomic mass is 10.1. The quantitative estimate of drug-likeness (QED) is 0.199. The molecule has 0 fully saturated rings. The maximum Gasteiger partial charge on any atom is 0.264 e. The molecule has 0 saturated carbocycles. The highest BCUT2D eigenvalue weighted by atomic mass is 35.5. The lowest BCUT2D eigenvalue weighted by Crippen LogP contribution is -2.52. The number of nitrogens with zero attached hydrogens (tertiary/aromatic N) is 2. The van der Waals surface area contributed by atoms with Crippen LogP contribution in [-0.2, 0) is 32.6 Å². The lowest BCUT2D eigenvalue weighted by molar-refractivity contribution is -0.140. The van der Waals surface area contributed by atoms with Crippen LogP contribution in [0.25, 0.3) is 0 Å². The van der Waals surface area contributed by atoms with Crippen molar-refractivity contribution in [3.63, 3.8) is 0 Å². The van der Waals surface area contributed by atoms with Gasteiger partial charge < -0.3 is 10.2 Å². The van der Waals surface area contributed by atoms with Crippen LogP contribution < -0.4 is 9.62 Å². The topological polar surface area (TPSA) is 86.8 Å². The van der Waals surface area contributed by atoms with E-state index in [4.69, 9.17) is 23.2 Å². The van der Waals surface area contributed by atoms with E-state index >= 15 is 0 Å². The van der Waals surface area contributed by atoms with Crippen molar-refractivity contribution in [1.82, 2.24) is 10.2 Å². The first-order valence-corrected chi connectivity index (χ1v) is 16.4. The summed E-state index contributed by atoms with van der Waals surface area (Å²) in [5.74, 6) is -0.804. The van der Waals surface area contributed by atoms with Crippen LogP contribution in [0.5, 0.6) is 0 Å². The molecule has 7 nitrogen and oxygen atoms in total. The maximum atomic E-state index is 14.2. The summed E-state index contributed by atoms with van der Waals surface area (Å²) in [6.45, 7) is 7.70. The van der Waals surface area contributed by atoms with Gasteiger partial charge in [0.2, 0.25) is 11.8 Å². The summed E-state index contributed by atoms with van der Waals surface area (Å²) in [4.78, 5) is 29.1. The fraction of sp³-hybridized carbons (Fsp3) is 0.375. The van der Waals surface area contributed by atoms with E-state index in [-0.39, 0.29) is 17.3 Å². The molecule has 2 amide bonds. The second-order valence-corrected chi connectivity index (χ2v) is 12.8. The second kappa shape index (κ2) is 15.4. The molecular weight excluding hydrogens is 593 g/mol. The number of carbonyl (C=O) groups excluding carboxylic acids is 2. The lowest BCUT2D eigenvalue weighted by Gasteiger charge is -2.33. The summed E-state index contributed by atoms with van der Waals surface area (Å²) in [5.41, 5.74) is 2.78. The van der Waals surface area contributed by atoms with E-state index in [0.717, 1.165) is 28.3 Å². The molecule has 3 aromatic carbocycles. The van der Waals surface area contributed by atoms with Gasteiger partial charge in [0.05, 0.1) is 20.6 Å². The van der Waals surface area contributed by atoms with Gasteiger partial charge in [-0.1, -0.05) is 92.4 Å². The SMILES string of the molecule is CCCCNC(=O)[C@H](CC)N(Cc1ccc(Cl)c(Cl)c1)C(=O)CN(c1ccccc1CC)S(=O)(=O)c1ccc(C)cc1. The van der Waals surface area contributed by atoms with Crippen LogP contribution in [0.4, 0.5) is 5.69 Å². The number of rotatable bonds is 14. The predicted molar refractivity (Wildman–Crippen MR) is 171 cm³/mol. The van der Waals surface area contributed by atoms with Gasteiger partial charge in [0, 0.05) is 13.1 Å². The van der Waals surface area contributed by atoms with Gasteiger partial charge >= 0.3 is 0 Å². The van der Waals surface area contributed by atoms with Crippen molar-refractivity contribution in [3.8, 4) is 0 Å². The van der Waals surface area contributed by atoms with Crippen LogP contribution in [0.1, 0.15) is 56.7 Å². The van der Waals surface area contributed by atoms with Crippen molar-refractivity contribution in [2.75, 3.05) is 17.4 Å². The van der Waals surface area contributed by atoms with Crippen molar-refractivity contribution in [3.05, 3.63) is 93.5 Å². The minimum Gasteiger partial charge on any atom is -0.354 e. The molecule has 0 aliphatic rings. The second-order valence-electron chi connectivity index (χ2n) is 10.1. The van der Waals surface area contributed by atoms with Gasteiger partial charge in [-0.2, -0.15) is 0 Å². The van der Waals surface area contributed by atoms with Crippen molar-refractivity contribution in [2.45, 2.75) is 70.9 Å². The van der Waals surface area contributed by atoms with E-state index in [1.807, 2.05) is 39.8 Å². The molecule has 0 aliphatic carbocycles. The van der Waals surface area contributed by atoms with Crippen LogP contribution in [0.3, 0.4) is 0 Å². The largest absolute Gasteiger partial charge is 0.354 e. The Hall–Kier alpha value is -3.07. The van der Waals surface area contributed by atoms with Gasteiger partial charge in [0.25, 0.3) is 10.0 Å². The van der Waals surface area contributed by atoms with E-state index in [2.05, 4.69) is 5.32 Å². The Kier molecular flexibility index (Phi) is 12.3. The molecule has 0 bridgehead atoms. The average Bonchev–Trinajstić information content (AvgIpc) is 2.97. The van der Waals surface area contributed by atoms with Crippen LogP contribution in [-0.4, -0.2) is 44.3 Å². The monoisotopic (exact) mass is 631 g/mol. The molecule has 0 saturated heterocycles.